The van der Waals surface area contributed by atoms with E-state index in [9.17, 15) is 55.7 Å². The van der Waals surface area contributed by atoms with E-state index in [0.29, 0.717) is 135 Å². The van der Waals surface area contributed by atoms with Crippen LogP contribution < -0.4 is 19.5 Å². The van der Waals surface area contributed by atoms with Crippen LogP contribution in [0.2, 0.25) is 0 Å². The topological polar surface area (TPSA) is 179 Å². The number of ketones is 1. The summed E-state index contributed by atoms with van der Waals surface area (Å²) >= 11 is 0. The van der Waals surface area contributed by atoms with Gasteiger partial charge in [0, 0.05) is 125 Å². The SMILES string of the molecule is CN1CCn2c(C(F)(F)F)ccc2C12CCN(C(=O)c1ccc(C(C)(C)O)cc1)CC2.COc1cc(C(=O)N2CCC3(CC2)NCCn2c(C(F)(F)F)ccc23)ccc1C(C)(C)O.COc1cc(C(=O)N2CCC3(CC2)c2ccc(C(=O)C(C)(C)C)n2CCN3C)ccc1OC(C)(C)C.[HH]. The van der Waals surface area contributed by atoms with Gasteiger partial charge in [0.05, 0.1) is 47.7 Å². The number of carbonyl (C=O) groups is 4. The summed E-state index contributed by atoms with van der Waals surface area (Å²) in [6.45, 7) is 24.9. The van der Waals surface area contributed by atoms with Crippen LogP contribution in [-0.2, 0) is 59.8 Å². The summed E-state index contributed by atoms with van der Waals surface area (Å²) in [6.07, 6.45) is -4.90. The van der Waals surface area contributed by atoms with Crippen LogP contribution in [0, 0.1) is 5.41 Å². The van der Waals surface area contributed by atoms with Gasteiger partial charge in [-0.15, -0.1) is 0 Å². The van der Waals surface area contributed by atoms with Crippen LogP contribution in [0.4, 0.5) is 26.3 Å². The van der Waals surface area contributed by atoms with Crippen molar-refractivity contribution >= 4 is 23.5 Å². The van der Waals surface area contributed by atoms with E-state index in [1.165, 1.54) is 28.0 Å². The molecule has 18 nitrogen and oxygen atoms in total. The molecule has 3 aromatic heterocycles. The monoisotopic (exact) mass is 1380 g/mol. The first kappa shape index (κ1) is 74.1. The fourth-order valence-corrected chi connectivity index (χ4v) is 15.3. The first-order valence-electron chi connectivity index (χ1n) is 34.1. The normalized spacial score (nSPS) is 18.7. The van der Waals surface area contributed by atoms with Gasteiger partial charge in [-0.3, -0.25) is 29.0 Å². The highest BCUT2D eigenvalue weighted by atomic mass is 19.4. The molecule has 3 amide bonds. The molecule has 3 spiro atoms. The van der Waals surface area contributed by atoms with Crippen LogP contribution in [0.1, 0.15) is 190 Å². The lowest BCUT2D eigenvalue weighted by molar-refractivity contribution is -0.145. The molecule has 0 saturated carbocycles. The molecule has 6 aromatic rings. The van der Waals surface area contributed by atoms with Gasteiger partial charge < -0.3 is 58.1 Å². The van der Waals surface area contributed by atoms with Crippen LogP contribution in [0.25, 0.3) is 0 Å². The highest BCUT2D eigenvalue weighted by Crippen LogP contribution is 2.47. The minimum atomic E-state index is -4.39. The van der Waals surface area contributed by atoms with Gasteiger partial charge in [-0.1, -0.05) is 39.0 Å². The van der Waals surface area contributed by atoms with Gasteiger partial charge in [-0.25, -0.2) is 0 Å². The Morgan fingerprint density at radius 3 is 1.35 bits per heavy atom. The molecule has 3 saturated heterocycles. The van der Waals surface area contributed by atoms with E-state index in [1.54, 1.807) is 105 Å². The number of hydrogen-bond acceptors (Lipinski definition) is 12. The van der Waals surface area contributed by atoms with Crippen molar-refractivity contribution in [3.63, 3.8) is 0 Å². The van der Waals surface area contributed by atoms with Gasteiger partial charge in [0.1, 0.15) is 22.7 Å². The van der Waals surface area contributed by atoms with E-state index in [2.05, 4.69) is 32.8 Å². The Hall–Kier alpha value is -7.64. The number of carbonyl (C=O) groups excluding carboxylic acids is 4. The summed E-state index contributed by atoms with van der Waals surface area (Å²) < 4.78 is 102. The number of aromatic nitrogens is 3. The number of halogens is 6. The Morgan fingerprint density at radius 2 is 0.889 bits per heavy atom. The Labute approximate surface area is 578 Å². The largest absolute Gasteiger partial charge is 0.496 e. The van der Waals surface area contributed by atoms with Crippen molar-refractivity contribution in [3.05, 3.63) is 159 Å². The highest BCUT2D eigenvalue weighted by Gasteiger charge is 2.50. The number of ether oxygens (including phenoxy) is 3. The third-order valence-electron chi connectivity index (χ3n) is 20.9. The van der Waals surface area contributed by atoms with Gasteiger partial charge >= 0.3 is 12.4 Å². The summed E-state index contributed by atoms with van der Waals surface area (Å²) in [6, 6.07) is 26.9. The number of likely N-dealkylation sites (N-methyl/N-ethyl adjacent to an activating group) is 2. The number of rotatable bonds is 9. The molecular formula is C75H99F6N9O9. The Morgan fingerprint density at radius 1 is 0.465 bits per heavy atom. The first-order valence-corrected chi connectivity index (χ1v) is 34.1. The number of hydrogen-bond donors (Lipinski definition) is 3. The molecular weight excluding hydrogens is 1280 g/mol. The highest BCUT2D eigenvalue weighted by molar-refractivity contribution is 5.99. The Kier molecular flexibility index (Phi) is 20.5. The molecule has 0 aliphatic carbocycles. The predicted molar refractivity (Wildman–Crippen MR) is 366 cm³/mol. The summed E-state index contributed by atoms with van der Waals surface area (Å²) in [5.74, 6) is 1.54. The molecule has 3 N–H and O–H groups in total. The number of piperidine rings is 3. The Balaban J connectivity index is 0.000000175. The average Bonchev–Trinajstić information content (AvgIpc) is 1.41. The van der Waals surface area contributed by atoms with Crippen LogP contribution in [0.3, 0.4) is 0 Å². The molecule has 99 heavy (non-hydrogen) atoms. The van der Waals surface area contributed by atoms with Crippen LogP contribution >= 0.6 is 0 Å². The number of amides is 3. The van der Waals surface area contributed by atoms with Crippen molar-refractivity contribution in [1.82, 2.24) is 43.5 Å². The van der Waals surface area contributed by atoms with Crippen LogP contribution in [0.15, 0.2) is 97.1 Å². The zero-order valence-electron chi connectivity index (χ0n) is 59.6. The fourth-order valence-electron chi connectivity index (χ4n) is 15.3. The summed E-state index contributed by atoms with van der Waals surface area (Å²) in [4.78, 5) is 62.6. The standard InChI is InChI=1S/C29H41N3O4.C23H28F3N3O3.C23H28F3N3O2.H2/c1-27(2,3)25(33)21-10-12-24-29(30(7)17-18-32(21)24)13-15-31(16-14-29)26(34)20-9-11-22(23(19-20)35-8)36-28(4,5)6;1-21(2,31)16-5-4-15(14-17(16)32-3)20(30)28-11-8-22(9-12-28)18-6-7-19(23(24,25)26)29(18)13-10-27-22;1-21(2,31)17-6-4-16(5-7-17)20(30)28-12-10-22(11-13-28)18-8-9-19(23(24,25)26)29(18)15-14-27(22)3;/h9-12,19H,13-18H2,1-8H3;4-7,14,27,31H,8-13H2,1-3H3;4-9,31H,10-15H2,1-3H3;1H. The molecule has 0 unspecified atom stereocenters. The number of fused-ring (bicyclic) bond motifs is 6. The number of likely N-dealkylation sites (tertiary alicyclic amines) is 3. The quantitative estimate of drug-likeness (QED) is 0.0923. The van der Waals surface area contributed by atoms with E-state index in [4.69, 9.17) is 14.2 Å². The zero-order chi connectivity index (χ0) is 72.4. The second-order valence-electron chi connectivity index (χ2n) is 30.3. The number of aliphatic hydroxyl groups is 2. The fraction of sp³-hybridized carbons (Fsp3) is 0.547. The first-order chi connectivity index (χ1) is 46.2. The molecule has 9 heterocycles. The molecule has 3 fully saturated rings. The van der Waals surface area contributed by atoms with Crippen molar-refractivity contribution in [3.8, 4) is 17.2 Å². The third kappa shape index (κ3) is 14.9. The van der Waals surface area contributed by atoms with Crippen molar-refractivity contribution < 1.29 is 71.4 Å². The van der Waals surface area contributed by atoms with E-state index in [0.717, 1.165) is 43.3 Å². The molecule has 0 bridgehead atoms. The number of methoxy groups -OCH3 is 2. The summed E-state index contributed by atoms with van der Waals surface area (Å²) in [5, 5.41) is 23.8. The van der Waals surface area contributed by atoms with Gasteiger partial charge in [-0.05, 0) is 186 Å². The molecule has 12 rings (SSSR count). The maximum atomic E-state index is 13.4. The summed E-state index contributed by atoms with van der Waals surface area (Å²) in [5.41, 5.74) is 0.908. The Bertz CT molecular complexity index is 3940. The van der Waals surface area contributed by atoms with Gasteiger partial charge in [0.25, 0.3) is 17.7 Å². The van der Waals surface area contributed by atoms with Crippen molar-refractivity contribution in [2.75, 3.05) is 87.2 Å². The van der Waals surface area contributed by atoms with Crippen LogP contribution in [0.5, 0.6) is 17.2 Å². The minimum absolute atomic E-state index is 0. The smallest absolute Gasteiger partial charge is 0.431 e. The van der Waals surface area contributed by atoms with Crippen molar-refractivity contribution in [2.24, 2.45) is 5.41 Å². The number of alkyl halides is 6. The molecule has 0 atom stereocenters. The number of benzene rings is 3. The maximum absolute atomic E-state index is 13.4. The molecule has 6 aliphatic heterocycles. The molecule has 6 aliphatic rings. The second-order valence-corrected chi connectivity index (χ2v) is 30.3. The maximum Gasteiger partial charge on any atom is 0.431 e. The van der Waals surface area contributed by atoms with E-state index in [-0.39, 0.29) is 42.6 Å². The third-order valence-corrected chi connectivity index (χ3v) is 20.9. The lowest BCUT2D eigenvalue weighted by Gasteiger charge is -2.50. The second kappa shape index (κ2) is 27.4. The minimum Gasteiger partial charge on any atom is -0.496 e. The van der Waals surface area contributed by atoms with Crippen LogP contribution in [-0.4, -0.2) is 165 Å². The lowest BCUT2D eigenvalue weighted by Crippen LogP contribution is -2.56. The predicted octanol–water partition coefficient (Wildman–Crippen LogP) is 12.5. The van der Waals surface area contributed by atoms with E-state index < -0.39 is 51.4 Å². The number of nitrogens with zero attached hydrogens (tertiary/aromatic N) is 8. The van der Waals surface area contributed by atoms with Gasteiger partial charge in [-0.2, -0.15) is 26.3 Å². The zero-order valence-corrected chi connectivity index (χ0v) is 59.6. The molecule has 24 heteroatoms. The summed E-state index contributed by atoms with van der Waals surface area (Å²) in [7, 11) is 7.20. The van der Waals surface area contributed by atoms with Crippen molar-refractivity contribution in [2.45, 2.75) is 173 Å². The van der Waals surface area contributed by atoms with E-state index >= 15 is 0 Å². The average molecular weight is 1380 g/mol. The molecule has 540 valence electrons. The number of nitrogens with one attached hydrogen (secondary N) is 1. The molecule has 0 radical (unpaired) electrons. The molecule has 3 aromatic carbocycles. The number of Topliss-reactive ketones (excluding diaryl/α,β-unsaturated/α-hetero) is 1. The van der Waals surface area contributed by atoms with Gasteiger partial charge in [0.15, 0.2) is 17.3 Å². The van der Waals surface area contributed by atoms with E-state index in [1.807, 2.05) is 71.7 Å². The lowest BCUT2D eigenvalue weighted by atomic mass is 9.81. The van der Waals surface area contributed by atoms with Crippen molar-refractivity contribution in [1.29, 1.82) is 0 Å². The van der Waals surface area contributed by atoms with Gasteiger partial charge in [0.2, 0.25) is 0 Å².